The number of aromatic nitrogens is 1. The maximum atomic E-state index is 11.9. The molecule has 0 aliphatic heterocycles. The summed E-state index contributed by atoms with van der Waals surface area (Å²) in [5.74, 6) is -0.638. The third-order valence-electron chi connectivity index (χ3n) is 3.35. The van der Waals surface area contributed by atoms with Crippen LogP contribution in [-0.4, -0.2) is 28.1 Å². The minimum absolute atomic E-state index is 0.230. The maximum absolute atomic E-state index is 11.9. The second-order valence-electron chi connectivity index (χ2n) is 5.05. The van der Waals surface area contributed by atoms with Crippen molar-refractivity contribution in [1.82, 2.24) is 10.3 Å². The number of carboxylic acid groups (broad SMARTS) is 1. The van der Waals surface area contributed by atoms with Crippen molar-refractivity contribution in [3.05, 3.63) is 30.0 Å². The number of pyridine rings is 1. The molecule has 2 rings (SSSR count). The molecule has 1 aliphatic carbocycles. The molecule has 1 saturated carbocycles. The predicted molar refractivity (Wildman–Crippen MR) is 79.9 cm³/mol. The van der Waals surface area contributed by atoms with Crippen molar-refractivity contribution in [3.8, 4) is 0 Å². The lowest BCUT2D eigenvalue weighted by molar-refractivity contribution is -0.131. The first kappa shape index (κ1) is 15.0. The Morgan fingerprint density at radius 1 is 1.24 bits per heavy atom. The molecule has 0 aromatic carbocycles. The monoisotopic (exact) mass is 289 g/mol. The molecule has 1 aromatic heterocycles. The zero-order chi connectivity index (χ0) is 15.1. The molecule has 21 heavy (non-hydrogen) atoms. The zero-order valence-corrected chi connectivity index (χ0v) is 11.7. The molecule has 2 amide bonds. The second-order valence-corrected chi connectivity index (χ2v) is 5.05. The molecule has 6 heteroatoms. The van der Waals surface area contributed by atoms with Crippen LogP contribution in [0, 0.1) is 0 Å². The van der Waals surface area contributed by atoms with Crippen LogP contribution in [0.2, 0.25) is 0 Å². The van der Waals surface area contributed by atoms with Crippen molar-refractivity contribution in [1.29, 1.82) is 0 Å². The van der Waals surface area contributed by atoms with Crippen molar-refractivity contribution in [2.24, 2.45) is 0 Å². The minimum atomic E-state index is -1.04. The molecular formula is C15H19N3O3. The first-order valence-corrected chi connectivity index (χ1v) is 7.09. The van der Waals surface area contributed by atoms with Gasteiger partial charge in [-0.15, -0.1) is 0 Å². The Hall–Kier alpha value is -2.37. The number of urea groups is 1. The van der Waals surface area contributed by atoms with Crippen molar-refractivity contribution >= 4 is 23.9 Å². The summed E-state index contributed by atoms with van der Waals surface area (Å²) in [6, 6.07) is 5.01. The van der Waals surface area contributed by atoms with Gasteiger partial charge in [-0.3, -0.25) is 5.32 Å². The number of aliphatic carboxylic acids is 1. The van der Waals surface area contributed by atoms with E-state index < -0.39 is 5.97 Å². The van der Waals surface area contributed by atoms with Crippen LogP contribution < -0.4 is 10.6 Å². The van der Waals surface area contributed by atoms with Crippen LogP contribution in [0.25, 0.3) is 6.08 Å². The van der Waals surface area contributed by atoms with E-state index in [-0.39, 0.29) is 12.1 Å². The lowest BCUT2D eigenvalue weighted by Gasteiger charge is -2.22. The fraction of sp³-hybridized carbons (Fsp3) is 0.400. The molecule has 0 unspecified atom stereocenters. The first-order chi connectivity index (χ1) is 10.1. The number of anilines is 1. The Bertz CT molecular complexity index is 537. The molecule has 6 nitrogen and oxygen atoms in total. The summed E-state index contributed by atoms with van der Waals surface area (Å²) in [4.78, 5) is 26.5. The van der Waals surface area contributed by atoms with Crippen LogP contribution in [0.3, 0.4) is 0 Å². The van der Waals surface area contributed by atoms with Gasteiger partial charge in [0.05, 0.1) is 5.69 Å². The Morgan fingerprint density at radius 2 is 2.00 bits per heavy atom. The van der Waals surface area contributed by atoms with Crippen LogP contribution in [0.4, 0.5) is 10.6 Å². The number of amides is 2. The highest BCUT2D eigenvalue weighted by Crippen LogP contribution is 2.17. The highest BCUT2D eigenvalue weighted by atomic mass is 16.4. The van der Waals surface area contributed by atoms with E-state index in [9.17, 15) is 9.59 Å². The Morgan fingerprint density at radius 3 is 2.71 bits per heavy atom. The van der Waals surface area contributed by atoms with Crippen molar-refractivity contribution < 1.29 is 14.7 Å². The van der Waals surface area contributed by atoms with Crippen molar-refractivity contribution in [3.63, 3.8) is 0 Å². The number of hydrogen-bond acceptors (Lipinski definition) is 3. The molecule has 1 aliphatic rings. The van der Waals surface area contributed by atoms with Gasteiger partial charge in [0.2, 0.25) is 0 Å². The first-order valence-electron chi connectivity index (χ1n) is 7.09. The van der Waals surface area contributed by atoms with E-state index in [0.29, 0.717) is 11.5 Å². The summed E-state index contributed by atoms with van der Waals surface area (Å²) in [5, 5.41) is 14.2. The Labute approximate surface area is 123 Å². The summed E-state index contributed by atoms with van der Waals surface area (Å²) in [5.41, 5.74) is 0.480. The van der Waals surface area contributed by atoms with E-state index in [0.717, 1.165) is 31.8 Å². The van der Waals surface area contributed by atoms with Crippen LogP contribution in [0.5, 0.6) is 0 Å². The molecule has 3 N–H and O–H groups in total. The summed E-state index contributed by atoms with van der Waals surface area (Å²) in [7, 11) is 0. The van der Waals surface area contributed by atoms with Crippen LogP contribution in [0.15, 0.2) is 24.3 Å². The molecule has 0 bridgehead atoms. The number of carbonyl (C=O) groups excluding carboxylic acids is 1. The number of rotatable bonds is 4. The van der Waals surface area contributed by atoms with E-state index in [1.165, 1.54) is 12.5 Å². The Kier molecular flexibility index (Phi) is 5.31. The van der Waals surface area contributed by atoms with Gasteiger partial charge in [-0.05, 0) is 31.1 Å². The van der Waals surface area contributed by atoms with E-state index >= 15 is 0 Å². The van der Waals surface area contributed by atoms with Gasteiger partial charge in [-0.2, -0.15) is 0 Å². The van der Waals surface area contributed by atoms with E-state index in [1.807, 2.05) is 0 Å². The van der Waals surface area contributed by atoms with Gasteiger partial charge in [0, 0.05) is 12.1 Å². The summed E-state index contributed by atoms with van der Waals surface area (Å²) in [6.45, 7) is 0. The highest BCUT2D eigenvalue weighted by molar-refractivity contribution is 5.89. The second kappa shape index (κ2) is 7.42. The molecular weight excluding hydrogens is 270 g/mol. The van der Waals surface area contributed by atoms with E-state index in [1.54, 1.807) is 18.2 Å². The molecule has 0 spiro atoms. The number of nitrogens with zero attached hydrogens (tertiary/aromatic N) is 1. The van der Waals surface area contributed by atoms with Gasteiger partial charge < -0.3 is 10.4 Å². The molecule has 0 saturated heterocycles. The van der Waals surface area contributed by atoms with E-state index in [4.69, 9.17) is 5.11 Å². The molecule has 112 valence electrons. The third kappa shape index (κ3) is 5.25. The van der Waals surface area contributed by atoms with Crippen LogP contribution in [-0.2, 0) is 4.79 Å². The van der Waals surface area contributed by atoms with Crippen molar-refractivity contribution in [2.45, 2.75) is 38.1 Å². The molecule has 1 aromatic rings. The largest absolute Gasteiger partial charge is 0.478 e. The smallest absolute Gasteiger partial charge is 0.328 e. The average molecular weight is 289 g/mol. The van der Waals surface area contributed by atoms with Gasteiger partial charge >= 0.3 is 12.0 Å². The van der Waals surface area contributed by atoms with Gasteiger partial charge in [0.1, 0.15) is 5.82 Å². The van der Waals surface area contributed by atoms with Crippen molar-refractivity contribution in [2.75, 3.05) is 5.32 Å². The van der Waals surface area contributed by atoms with E-state index in [2.05, 4.69) is 15.6 Å². The fourth-order valence-electron chi connectivity index (χ4n) is 2.36. The Balaban J connectivity index is 1.90. The zero-order valence-electron chi connectivity index (χ0n) is 11.7. The molecule has 1 heterocycles. The molecule has 1 fully saturated rings. The number of nitrogens with one attached hydrogen (secondary N) is 2. The SMILES string of the molecule is O=C(O)C=Cc1cccc(NC(=O)NC2CCCCC2)n1. The van der Waals surface area contributed by atoms with Gasteiger partial charge in [0.25, 0.3) is 0 Å². The highest BCUT2D eigenvalue weighted by Gasteiger charge is 2.15. The number of hydrogen-bond donors (Lipinski definition) is 3. The normalized spacial score (nSPS) is 15.8. The van der Waals surface area contributed by atoms with Crippen LogP contribution >= 0.6 is 0 Å². The molecule has 0 radical (unpaired) electrons. The molecule has 0 atom stereocenters. The lowest BCUT2D eigenvalue weighted by Crippen LogP contribution is -2.39. The predicted octanol–water partition coefficient (Wildman–Crippen LogP) is 2.63. The van der Waals surface area contributed by atoms with Gasteiger partial charge in [-0.25, -0.2) is 14.6 Å². The lowest BCUT2D eigenvalue weighted by atomic mass is 9.96. The quantitative estimate of drug-likeness (QED) is 0.743. The topological polar surface area (TPSA) is 91.3 Å². The average Bonchev–Trinajstić information content (AvgIpc) is 2.46. The maximum Gasteiger partial charge on any atom is 0.328 e. The summed E-state index contributed by atoms with van der Waals surface area (Å²) in [6.07, 6.45) is 7.96. The summed E-state index contributed by atoms with van der Waals surface area (Å²) < 4.78 is 0. The number of carbonyl (C=O) groups is 2. The standard InChI is InChI=1S/C15H19N3O3/c19-14(20)10-9-12-7-4-8-13(16-12)18-15(21)17-11-5-2-1-3-6-11/h4,7-11H,1-3,5-6H2,(H,19,20)(H2,16,17,18,21). The van der Waals surface area contributed by atoms with Crippen LogP contribution in [0.1, 0.15) is 37.8 Å². The van der Waals surface area contributed by atoms with Gasteiger partial charge in [0.15, 0.2) is 0 Å². The number of carboxylic acids is 1. The fourth-order valence-corrected chi connectivity index (χ4v) is 2.36. The summed E-state index contributed by atoms with van der Waals surface area (Å²) >= 11 is 0. The minimum Gasteiger partial charge on any atom is -0.478 e. The van der Waals surface area contributed by atoms with Gasteiger partial charge in [-0.1, -0.05) is 25.3 Å². The third-order valence-corrected chi connectivity index (χ3v) is 3.35.